The van der Waals surface area contributed by atoms with E-state index in [1.807, 2.05) is 72.8 Å². The zero-order chi connectivity index (χ0) is 30.0. The van der Waals surface area contributed by atoms with Crippen LogP contribution in [0.15, 0.2) is 150 Å². The molecule has 5 nitrogen and oxygen atoms in total. The van der Waals surface area contributed by atoms with E-state index in [1.54, 1.807) is 60.7 Å². The second kappa shape index (κ2) is 14.0. The molecule has 0 unspecified atom stereocenters. The quantitative estimate of drug-likeness (QED) is 0.127. The average molecular weight is 628 g/mol. The number of hydrogen-bond acceptors (Lipinski definition) is 3. The lowest BCUT2D eigenvalue weighted by Gasteiger charge is -2.12. The van der Waals surface area contributed by atoms with Crippen molar-refractivity contribution in [2.24, 2.45) is 0 Å². The van der Waals surface area contributed by atoms with E-state index in [0.29, 0.717) is 16.8 Å². The molecule has 0 saturated carbocycles. The second-order valence-corrected chi connectivity index (χ2v) is 10.6. The van der Waals surface area contributed by atoms with Crippen molar-refractivity contribution in [1.82, 2.24) is 5.32 Å². The second-order valence-electron chi connectivity index (χ2n) is 9.65. The van der Waals surface area contributed by atoms with Crippen molar-refractivity contribution < 1.29 is 14.4 Å². The molecule has 0 saturated heterocycles. The largest absolute Gasteiger partial charge is 0.321 e. The summed E-state index contributed by atoms with van der Waals surface area (Å²) in [5, 5.41) is 5.54. The van der Waals surface area contributed by atoms with E-state index in [1.165, 1.54) is 6.08 Å². The molecule has 43 heavy (non-hydrogen) atoms. The molecular formula is C37H27BrN2O3. The molecule has 2 amide bonds. The van der Waals surface area contributed by atoms with Crippen LogP contribution in [0.2, 0.25) is 0 Å². The van der Waals surface area contributed by atoms with Crippen molar-refractivity contribution in [2.45, 2.75) is 0 Å². The predicted molar refractivity (Wildman–Crippen MR) is 176 cm³/mol. The Hall–Kier alpha value is -5.33. The van der Waals surface area contributed by atoms with Crippen LogP contribution in [0, 0.1) is 0 Å². The van der Waals surface area contributed by atoms with Crippen molar-refractivity contribution in [3.63, 3.8) is 0 Å². The molecule has 0 radical (unpaired) electrons. The number of carbonyl (C=O) groups is 3. The van der Waals surface area contributed by atoms with E-state index in [-0.39, 0.29) is 11.5 Å². The molecule has 2 N–H and O–H groups in total. The molecule has 0 fully saturated rings. The number of nitrogens with one attached hydrogen (secondary N) is 2. The van der Waals surface area contributed by atoms with Gasteiger partial charge in [-0.1, -0.05) is 107 Å². The lowest BCUT2D eigenvalue weighted by atomic mass is 10.0. The van der Waals surface area contributed by atoms with Crippen LogP contribution in [0.4, 0.5) is 5.69 Å². The first-order valence-corrected chi connectivity index (χ1v) is 14.4. The fourth-order valence-corrected chi connectivity index (χ4v) is 4.72. The van der Waals surface area contributed by atoms with E-state index < -0.39 is 11.8 Å². The first kappa shape index (κ1) is 29.2. The molecule has 6 heteroatoms. The predicted octanol–water partition coefficient (Wildman–Crippen LogP) is 8.42. The van der Waals surface area contributed by atoms with E-state index in [4.69, 9.17) is 0 Å². The zero-order valence-corrected chi connectivity index (χ0v) is 24.6. The molecule has 0 aliphatic carbocycles. The van der Waals surface area contributed by atoms with Crippen LogP contribution < -0.4 is 10.6 Å². The highest BCUT2D eigenvalue weighted by Crippen LogP contribution is 2.20. The highest BCUT2D eigenvalue weighted by atomic mass is 79.9. The number of hydrogen-bond donors (Lipinski definition) is 2. The molecule has 0 aromatic heterocycles. The molecule has 0 spiro atoms. The fraction of sp³-hybridized carbons (Fsp3) is 0. The van der Waals surface area contributed by atoms with Crippen LogP contribution in [0.1, 0.15) is 31.8 Å². The number of benzene rings is 5. The van der Waals surface area contributed by atoms with Crippen molar-refractivity contribution in [1.29, 1.82) is 0 Å². The molecule has 0 aliphatic heterocycles. The van der Waals surface area contributed by atoms with Gasteiger partial charge in [-0.2, -0.15) is 0 Å². The first-order chi connectivity index (χ1) is 20.9. The summed E-state index contributed by atoms with van der Waals surface area (Å²) < 4.78 is 0.842. The van der Waals surface area contributed by atoms with Crippen LogP contribution in [-0.4, -0.2) is 17.6 Å². The van der Waals surface area contributed by atoms with Crippen molar-refractivity contribution in [3.8, 4) is 11.1 Å². The maximum absolute atomic E-state index is 13.3. The van der Waals surface area contributed by atoms with Gasteiger partial charge in [-0.3, -0.25) is 14.4 Å². The lowest BCUT2D eigenvalue weighted by Crippen LogP contribution is -2.30. The van der Waals surface area contributed by atoms with Gasteiger partial charge in [-0.05, 0) is 82.9 Å². The van der Waals surface area contributed by atoms with Gasteiger partial charge in [0.15, 0.2) is 5.78 Å². The summed E-state index contributed by atoms with van der Waals surface area (Å²) >= 11 is 3.44. The van der Waals surface area contributed by atoms with E-state index in [0.717, 1.165) is 26.7 Å². The fourth-order valence-electron chi connectivity index (χ4n) is 4.31. The molecule has 0 atom stereocenters. The Balaban J connectivity index is 1.26. The highest BCUT2D eigenvalue weighted by molar-refractivity contribution is 9.10. The van der Waals surface area contributed by atoms with Gasteiger partial charge >= 0.3 is 0 Å². The molecule has 0 heterocycles. The van der Waals surface area contributed by atoms with Crippen LogP contribution in [0.3, 0.4) is 0 Å². The Morgan fingerprint density at radius 1 is 0.605 bits per heavy atom. The third kappa shape index (κ3) is 8.12. The summed E-state index contributed by atoms with van der Waals surface area (Å²) in [6.07, 6.45) is 4.92. The number of halogens is 1. The van der Waals surface area contributed by atoms with Gasteiger partial charge in [0.1, 0.15) is 5.70 Å². The Bertz CT molecular complexity index is 1800. The van der Waals surface area contributed by atoms with Crippen LogP contribution in [0.5, 0.6) is 0 Å². The number of rotatable bonds is 9. The molecule has 5 aromatic carbocycles. The van der Waals surface area contributed by atoms with Gasteiger partial charge < -0.3 is 10.6 Å². The number of allylic oxidation sites excluding steroid dienone is 1. The summed E-state index contributed by atoms with van der Waals surface area (Å²) in [4.78, 5) is 38.9. The number of ketones is 1. The summed E-state index contributed by atoms with van der Waals surface area (Å²) in [6, 6.07) is 40.8. The summed E-state index contributed by atoms with van der Waals surface area (Å²) in [5.74, 6) is -1.06. The highest BCUT2D eigenvalue weighted by Gasteiger charge is 2.15. The third-order valence-corrected chi connectivity index (χ3v) is 7.05. The first-order valence-electron chi connectivity index (χ1n) is 13.6. The van der Waals surface area contributed by atoms with Gasteiger partial charge in [0, 0.05) is 21.3 Å². The maximum Gasteiger partial charge on any atom is 0.272 e. The Kier molecular flexibility index (Phi) is 9.52. The molecule has 0 aliphatic rings. The minimum Gasteiger partial charge on any atom is -0.321 e. The van der Waals surface area contributed by atoms with Crippen molar-refractivity contribution >= 4 is 51.4 Å². The van der Waals surface area contributed by atoms with Crippen LogP contribution >= 0.6 is 15.9 Å². The summed E-state index contributed by atoms with van der Waals surface area (Å²) in [6.45, 7) is 0. The minimum atomic E-state index is -0.498. The normalized spacial score (nSPS) is 11.2. The topological polar surface area (TPSA) is 75.3 Å². The van der Waals surface area contributed by atoms with Crippen molar-refractivity contribution in [3.05, 3.63) is 172 Å². The van der Waals surface area contributed by atoms with Crippen LogP contribution in [0.25, 0.3) is 23.3 Å². The van der Waals surface area contributed by atoms with E-state index in [2.05, 4.69) is 38.7 Å². The van der Waals surface area contributed by atoms with Gasteiger partial charge in [0.05, 0.1) is 0 Å². The number of carbonyl (C=O) groups excluding carboxylic acids is 3. The molecule has 210 valence electrons. The van der Waals surface area contributed by atoms with E-state index >= 15 is 0 Å². The molecule has 0 bridgehead atoms. The SMILES string of the molecule is O=C(Nc1ccc(C(=O)/C=C/c2ccc(-c3ccccc3)cc2)cc1)/C(=C/c1cccc(Br)c1)NC(=O)c1ccccc1. The number of amides is 2. The minimum absolute atomic E-state index is 0.0772. The average Bonchev–Trinajstić information content (AvgIpc) is 3.04. The third-order valence-electron chi connectivity index (χ3n) is 6.56. The molecule has 5 rings (SSSR count). The summed E-state index contributed by atoms with van der Waals surface area (Å²) in [5.41, 5.74) is 5.36. The Morgan fingerprint density at radius 2 is 1.26 bits per heavy atom. The zero-order valence-electron chi connectivity index (χ0n) is 23.0. The smallest absolute Gasteiger partial charge is 0.272 e. The molecule has 5 aromatic rings. The van der Waals surface area contributed by atoms with Gasteiger partial charge in [0.25, 0.3) is 11.8 Å². The van der Waals surface area contributed by atoms with Gasteiger partial charge in [-0.25, -0.2) is 0 Å². The summed E-state index contributed by atoms with van der Waals surface area (Å²) in [7, 11) is 0. The van der Waals surface area contributed by atoms with Crippen molar-refractivity contribution in [2.75, 3.05) is 5.32 Å². The Morgan fingerprint density at radius 3 is 1.93 bits per heavy atom. The van der Waals surface area contributed by atoms with Gasteiger partial charge in [-0.15, -0.1) is 0 Å². The van der Waals surface area contributed by atoms with Crippen LogP contribution in [-0.2, 0) is 4.79 Å². The monoisotopic (exact) mass is 626 g/mol. The van der Waals surface area contributed by atoms with Gasteiger partial charge in [0.2, 0.25) is 0 Å². The van der Waals surface area contributed by atoms with E-state index in [9.17, 15) is 14.4 Å². The number of anilines is 1. The standard InChI is InChI=1S/C37H27BrN2O3/c38-32-13-7-8-27(24-32)25-34(40-36(42)31-11-5-2-6-12-31)37(43)39-33-21-19-30(20-22-33)35(41)23-16-26-14-17-29(18-15-26)28-9-3-1-4-10-28/h1-25H,(H,39,43)(H,40,42)/b23-16+,34-25-. The maximum atomic E-state index is 13.3. The lowest BCUT2D eigenvalue weighted by molar-refractivity contribution is -0.113. The Labute approximate surface area is 258 Å². The molecular weight excluding hydrogens is 600 g/mol.